The number of hydrogen-bond acceptors (Lipinski definition) is 2. The molecule has 17 heavy (non-hydrogen) atoms. The van der Waals surface area contributed by atoms with Crippen LogP contribution in [0.25, 0.3) is 11.5 Å². The zero-order chi connectivity index (χ0) is 12.6. The molecule has 1 aromatic heterocycles. The number of oxazole rings is 1. The minimum Gasteiger partial charge on any atom is -0.441 e. The van der Waals surface area contributed by atoms with E-state index in [0.717, 1.165) is 6.07 Å². The summed E-state index contributed by atoms with van der Waals surface area (Å²) < 4.78 is 43.0. The van der Waals surface area contributed by atoms with Gasteiger partial charge in [-0.2, -0.15) is 13.2 Å². The summed E-state index contributed by atoms with van der Waals surface area (Å²) in [5, 5.41) is -0.343. The Morgan fingerprint density at radius 2 is 2.00 bits per heavy atom. The minimum absolute atomic E-state index is 0.143. The largest absolute Gasteiger partial charge is 0.441 e. The highest BCUT2D eigenvalue weighted by atomic mass is 35.5. The summed E-state index contributed by atoms with van der Waals surface area (Å²) >= 11 is 5.50. The third-order valence-electron chi connectivity index (χ3n) is 2.14. The number of aryl methyl sites for hydroxylation is 1. The normalized spacial score (nSPS) is 11.8. The molecular weight excluding hydrogens is 255 g/mol. The van der Waals surface area contributed by atoms with Gasteiger partial charge < -0.3 is 4.42 Å². The molecule has 0 atom stereocenters. The average molecular weight is 262 g/mol. The zero-order valence-corrected chi connectivity index (χ0v) is 9.43. The van der Waals surface area contributed by atoms with Gasteiger partial charge in [0.25, 0.3) is 0 Å². The summed E-state index contributed by atoms with van der Waals surface area (Å²) in [6, 6.07) is 3.54. The van der Waals surface area contributed by atoms with E-state index < -0.39 is 11.7 Å². The lowest BCUT2D eigenvalue weighted by molar-refractivity contribution is -0.137. The number of aromatic nitrogens is 1. The summed E-state index contributed by atoms with van der Waals surface area (Å²) in [4.78, 5) is 3.86. The van der Waals surface area contributed by atoms with E-state index in [2.05, 4.69) is 4.98 Å². The van der Waals surface area contributed by atoms with Gasteiger partial charge in [0.2, 0.25) is 5.89 Å². The predicted molar refractivity (Wildman–Crippen MR) is 56.7 cm³/mol. The van der Waals surface area contributed by atoms with Gasteiger partial charge in [-0.05, 0) is 25.1 Å². The number of halogens is 4. The average Bonchev–Trinajstić information content (AvgIpc) is 2.64. The summed E-state index contributed by atoms with van der Waals surface area (Å²) in [5.41, 5.74) is -0.651. The van der Waals surface area contributed by atoms with Crippen LogP contribution in [0.3, 0.4) is 0 Å². The fourth-order valence-electron chi connectivity index (χ4n) is 1.36. The second-order valence-corrected chi connectivity index (χ2v) is 3.88. The maximum atomic E-state index is 12.6. The van der Waals surface area contributed by atoms with Gasteiger partial charge in [0, 0.05) is 5.56 Å². The van der Waals surface area contributed by atoms with Crippen LogP contribution in [0.5, 0.6) is 0 Å². The molecule has 90 valence electrons. The molecule has 2 nitrogen and oxygen atoms in total. The van der Waals surface area contributed by atoms with Crippen molar-refractivity contribution in [2.24, 2.45) is 0 Å². The molecule has 0 N–H and O–H groups in total. The van der Waals surface area contributed by atoms with Crippen molar-refractivity contribution >= 4 is 11.6 Å². The Bertz CT molecular complexity index is 548. The van der Waals surface area contributed by atoms with E-state index >= 15 is 0 Å². The van der Waals surface area contributed by atoms with Crippen molar-refractivity contribution in [2.45, 2.75) is 13.1 Å². The van der Waals surface area contributed by atoms with Gasteiger partial charge in [0.05, 0.1) is 16.8 Å². The van der Waals surface area contributed by atoms with Gasteiger partial charge in [-0.1, -0.05) is 11.6 Å². The lowest BCUT2D eigenvalue weighted by Crippen LogP contribution is -2.05. The number of benzene rings is 1. The lowest BCUT2D eigenvalue weighted by atomic mass is 10.1. The molecule has 0 unspecified atom stereocenters. The molecule has 1 aromatic carbocycles. The molecule has 0 aliphatic rings. The van der Waals surface area contributed by atoms with Crippen LogP contribution in [0, 0.1) is 6.92 Å². The second-order valence-electron chi connectivity index (χ2n) is 3.47. The topological polar surface area (TPSA) is 26.0 Å². The number of nitrogens with zero attached hydrogens (tertiary/aromatic N) is 1. The molecule has 0 aliphatic heterocycles. The van der Waals surface area contributed by atoms with E-state index in [1.54, 1.807) is 6.92 Å². The van der Waals surface area contributed by atoms with Crippen LogP contribution in [0.2, 0.25) is 5.02 Å². The molecule has 6 heteroatoms. The highest BCUT2D eigenvalue weighted by Gasteiger charge is 2.33. The summed E-state index contributed by atoms with van der Waals surface area (Å²) in [6.07, 6.45) is -3.05. The fraction of sp³-hybridized carbons (Fsp3) is 0.182. The SMILES string of the molecule is Cc1cnc(-c2ccc(Cl)c(C(F)(F)F)c2)o1. The summed E-state index contributed by atoms with van der Waals surface area (Å²) in [7, 11) is 0. The highest BCUT2D eigenvalue weighted by Crippen LogP contribution is 2.36. The fourth-order valence-corrected chi connectivity index (χ4v) is 1.59. The summed E-state index contributed by atoms with van der Waals surface area (Å²) in [6.45, 7) is 1.66. The third kappa shape index (κ3) is 2.44. The van der Waals surface area contributed by atoms with Crippen LogP contribution < -0.4 is 0 Å². The Hall–Kier alpha value is -1.49. The molecule has 0 bridgehead atoms. The van der Waals surface area contributed by atoms with Gasteiger partial charge >= 0.3 is 6.18 Å². The highest BCUT2D eigenvalue weighted by molar-refractivity contribution is 6.31. The minimum atomic E-state index is -4.49. The molecule has 0 amide bonds. The molecule has 0 saturated heterocycles. The van der Waals surface area contributed by atoms with E-state index in [4.69, 9.17) is 16.0 Å². The van der Waals surface area contributed by atoms with E-state index in [1.165, 1.54) is 18.3 Å². The van der Waals surface area contributed by atoms with Crippen molar-refractivity contribution < 1.29 is 17.6 Å². The Morgan fingerprint density at radius 3 is 2.53 bits per heavy atom. The van der Waals surface area contributed by atoms with Crippen LogP contribution in [-0.4, -0.2) is 4.98 Å². The Balaban J connectivity index is 2.51. The van der Waals surface area contributed by atoms with Crippen molar-refractivity contribution in [3.8, 4) is 11.5 Å². The van der Waals surface area contributed by atoms with Crippen LogP contribution in [-0.2, 0) is 6.18 Å². The molecule has 0 saturated carbocycles. The standard InChI is InChI=1S/C11H7ClF3NO/c1-6-5-16-10(17-6)7-2-3-9(12)8(4-7)11(13,14)15/h2-5H,1H3. The van der Waals surface area contributed by atoms with Crippen LogP contribution in [0.4, 0.5) is 13.2 Å². The first kappa shape index (κ1) is 12.0. The van der Waals surface area contributed by atoms with Crippen molar-refractivity contribution in [3.63, 3.8) is 0 Å². The van der Waals surface area contributed by atoms with Crippen molar-refractivity contribution in [1.29, 1.82) is 0 Å². The van der Waals surface area contributed by atoms with Crippen molar-refractivity contribution in [1.82, 2.24) is 4.98 Å². The molecule has 0 radical (unpaired) electrons. The Kier molecular flexibility index (Phi) is 2.87. The molecule has 0 aliphatic carbocycles. The van der Waals surface area contributed by atoms with Gasteiger partial charge in [0.1, 0.15) is 5.76 Å². The Labute approximate surface area is 100 Å². The van der Waals surface area contributed by atoms with Gasteiger partial charge in [-0.15, -0.1) is 0 Å². The number of hydrogen-bond donors (Lipinski definition) is 0. The lowest BCUT2D eigenvalue weighted by Gasteiger charge is -2.09. The van der Waals surface area contributed by atoms with Crippen molar-refractivity contribution in [3.05, 3.63) is 40.7 Å². The Morgan fingerprint density at radius 1 is 1.29 bits per heavy atom. The molecular formula is C11H7ClF3NO. The van der Waals surface area contributed by atoms with Crippen LogP contribution in [0.1, 0.15) is 11.3 Å². The van der Waals surface area contributed by atoms with Gasteiger partial charge in [-0.3, -0.25) is 0 Å². The predicted octanol–water partition coefficient (Wildman–Crippen LogP) is 4.32. The van der Waals surface area contributed by atoms with E-state index in [-0.39, 0.29) is 16.5 Å². The number of rotatable bonds is 1. The molecule has 0 spiro atoms. The smallest absolute Gasteiger partial charge is 0.417 e. The quantitative estimate of drug-likeness (QED) is 0.764. The van der Waals surface area contributed by atoms with Crippen LogP contribution in [0.15, 0.2) is 28.8 Å². The molecule has 2 aromatic rings. The first-order valence-electron chi connectivity index (χ1n) is 4.67. The van der Waals surface area contributed by atoms with E-state index in [9.17, 15) is 13.2 Å². The van der Waals surface area contributed by atoms with Gasteiger partial charge in [0.15, 0.2) is 0 Å². The van der Waals surface area contributed by atoms with Gasteiger partial charge in [-0.25, -0.2) is 4.98 Å². The molecule has 1 heterocycles. The van der Waals surface area contributed by atoms with E-state index in [1.807, 2.05) is 0 Å². The van der Waals surface area contributed by atoms with E-state index in [0.29, 0.717) is 5.76 Å². The second kappa shape index (κ2) is 4.07. The first-order valence-corrected chi connectivity index (χ1v) is 5.05. The maximum Gasteiger partial charge on any atom is 0.417 e. The molecule has 2 rings (SSSR count). The van der Waals surface area contributed by atoms with Crippen LogP contribution >= 0.6 is 11.6 Å². The summed E-state index contributed by atoms with van der Waals surface area (Å²) in [5.74, 6) is 0.674. The maximum absolute atomic E-state index is 12.6. The monoisotopic (exact) mass is 261 g/mol. The third-order valence-corrected chi connectivity index (χ3v) is 2.47. The molecule has 0 fully saturated rings. The number of alkyl halides is 3. The van der Waals surface area contributed by atoms with Crippen molar-refractivity contribution in [2.75, 3.05) is 0 Å². The first-order chi connectivity index (χ1) is 7.88. The zero-order valence-electron chi connectivity index (χ0n) is 8.68.